The highest BCUT2D eigenvalue weighted by Gasteiger charge is 2.23. The quantitative estimate of drug-likeness (QED) is 0.303. The Morgan fingerprint density at radius 2 is 2.21 bits per heavy atom. The van der Waals surface area contributed by atoms with E-state index in [0.29, 0.717) is 24.6 Å². The van der Waals surface area contributed by atoms with Crippen LogP contribution in [-0.4, -0.2) is 61.7 Å². The van der Waals surface area contributed by atoms with Crippen LogP contribution in [0, 0.1) is 0 Å². The number of methoxy groups -OCH3 is 1. The highest BCUT2D eigenvalue weighted by atomic mass is 32.2. The Labute approximate surface area is 169 Å². The number of piperazine rings is 1. The zero-order valence-electron chi connectivity index (χ0n) is 16.0. The van der Waals surface area contributed by atoms with Crippen molar-refractivity contribution in [3.63, 3.8) is 0 Å². The molecule has 0 aliphatic carbocycles. The van der Waals surface area contributed by atoms with Gasteiger partial charge in [-0.3, -0.25) is 9.59 Å². The van der Waals surface area contributed by atoms with Crippen molar-refractivity contribution in [2.45, 2.75) is 6.42 Å². The van der Waals surface area contributed by atoms with Gasteiger partial charge in [-0.2, -0.15) is 0 Å². The molecular weight excluding hydrogens is 376 g/mol. The molecule has 0 atom stereocenters. The van der Waals surface area contributed by atoms with Crippen LogP contribution in [0.5, 0.6) is 0 Å². The van der Waals surface area contributed by atoms with Gasteiger partial charge in [0.25, 0.3) is 5.91 Å². The van der Waals surface area contributed by atoms with Gasteiger partial charge in [0.05, 0.1) is 18.2 Å². The van der Waals surface area contributed by atoms with Crippen molar-refractivity contribution in [1.29, 1.82) is 0 Å². The molecule has 0 radical (unpaired) electrons. The van der Waals surface area contributed by atoms with Crippen LogP contribution in [0.25, 0.3) is 10.8 Å². The zero-order chi connectivity index (χ0) is 19.9. The van der Waals surface area contributed by atoms with E-state index in [1.807, 2.05) is 36.4 Å². The minimum absolute atomic E-state index is 0.102. The van der Waals surface area contributed by atoms with E-state index in [1.54, 1.807) is 28.8 Å². The fourth-order valence-corrected chi connectivity index (χ4v) is 3.84. The average Bonchev–Trinajstić information content (AvgIpc) is 2.72. The van der Waals surface area contributed by atoms with E-state index in [2.05, 4.69) is 5.32 Å². The lowest BCUT2D eigenvalue weighted by Crippen LogP contribution is -2.50. The largest absolute Gasteiger partial charge is 0.374 e. The predicted octanol–water partition coefficient (Wildman–Crippen LogP) is 1.82. The highest BCUT2D eigenvalue weighted by molar-refractivity contribution is 7.99. The summed E-state index contributed by atoms with van der Waals surface area (Å²) in [6, 6.07) is 11.5. The van der Waals surface area contributed by atoms with Gasteiger partial charge < -0.3 is 20.0 Å². The number of hydrogen-bond donors (Lipinski definition) is 2. The van der Waals surface area contributed by atoms with Crippen LogP contribution in [0.4, 0.5) is 5.69 Å². The van der Waals surface area contributed by atoms with E-state index < -0.39 is 0 Å². The van der Waals surface area contributed by atoms with Gasteiger partial charge in [-0.05, 0) is 41.1 Å². The zero-order valence-corrected chi connectivity index (χ0v) is 16.8. The van der Waals surface area contributed by atoms with Gasteiger partial charge in [0, 0.05) is 32.3 Å². The molecule has 1 aliphatic heterocycles. The lowest BCUT2D eigenvalue weighted by atomic mass is 10.0. The molecule has 1 heterocycles. The van der Waals surface area contributed by atoms with Crippen LogP contribution in [-0.2, 0) is 9.53 Å². The lowest BCUT2D eigenvalue weighted by molar-refractivity contribution is -0.123. The SMILES string of the molecule is COCSCCCN(N)c1ccc2c(C(=O)N3CCNC(=O)C3)cccc2c1. The van der Waals surface area contributed by atoms with Crippen LogP contribution >= 0.6 is 11.8 Å². The predicted molar refractivity (Wildman–Crippen MR) is 113 cm³/mol. The maximum Gasteiger partial charge on any atom is 0.255 e. The Morgan fingerprint density at radius 3 is 3.00 bits per heavy atom. The van der Waals surface area contributed by atoms with Crippen LogP contribution in [0.1, 0.15) is 16.8 Å². The Kier molecular flexibility index (Phi) is 7.13. The molecule has 0 saturated carbocycles. The Morgan fingerprint density at radius 1 is 1.36 bits per heavy atom. The molecule has 0 unspecified atom stereocenters. The summed E-state index contributed by atoms with van der Waals surface area (Å²) in [5, 5.41) is 6.29. The molecule has 0 aromatic heterocycles. The molecule has 1 aliphatic rings. The normalized spacial score (nSPS) is 14.2. The number of nitrogens with one attached hydrogen (secondary N) is 1. The number of hydrazine groups is 1. The second-order valence-electron chi connectivity index (χ2n) is 6.65. The number of rotatable bonds is 8. The first-order valence-corrected chi connectivity index (χ1v) is 10.4. The molecule has 8 heteroatoms. The molecule has 0 spiro atoms. The number of ether oxygens (including phenoxy) is 1. The van der Waals surface area contributed by atoms with Gasteiger partial charge in [0.1, 0.15) is 0 Å². The number of thioether (sulfide) groups is 1. The molecule has 3 N–H and O–H groups in total. The van der Waals surface area contributed by atoms with Gasteiger partial charge in [0.2, 0.25) is 5.91 Å². The number of benzene rings is 2. The first-order chi connectivity index (χ1) is 13.6. The standard InChI is InChI=1S/C20H26N4O3S/c1-27-14-28-11-3-9-24(21)16-6-7-17-15(12-16)4-2-5-18(17)20(26)23-10-8-22-19(25)13-23/h2,4-7,12H,3,8-11,13-14,21H2,1H3,(H,22,25). The summed E-state index contributed by atoms with van der Waals surface area (Å²) >= 11 is 1.74. The van der Waals surface area contributed by atoms with Gasteiger partial charge in [-0.25, -0.2) is 5.84 Å². The number of fused-ring (bicyclic) bond motifs is 1. The van der Waals surface area contributed by atoms with Crippen molar-refractivity contribution < 1.29 is 14.3 Å². The van der Waals surface area contributed by atoms with Gasteiger partial charge >= 0.3 is 0 Å². The number of nitrogens with two attached hydrogens (primary N) is 1. The summed E-state index contributed by atoms with van der Waals surface area (Å²) in [6.07, 6.45) is 0.956. The van der Waals surface area contributed by atoms with Crippen molar-refractivity contribution in [2.24, 2.45) is 5.84 Å². The smallest absolute Gasteiger partial charge is 0.255 e. The first-order valence-electron chi connectivity index (χ1n) is 9.28. The summed E-state index contributed by atoms with van der Waals surface area (Å²) in [6.45, 7) is 1.86. The third-order valence-corrected chi connectivity index (χ3v) is 5.62. The van der Waals surface area contributed by atoms with Crippen molar-refractivity contribution in [3.8, 4) is 0 Å². The van der Waals surface area contributed by atoms with E-state index in [-0.39, 0.29) is 18.4 Å². The number of anilines is 1. The molecule has 2 amide bonds. The van der Waals surface area contributed by atoms with Gasteiger partial charge in [-0.1, -0.05) is 18.2 Å². The molecule has 1 saturated heterocycles. The molecule has 150 valence electrons. The summed E-state index contributed by atoms with van der Waals surface area (Å²) in [4.78, 5) is 26.1. The van der Waals surface area contributed by atoms with E-state index >= 15 is 0 Å². The topological polar surface area (TPSA) is 87.9 Å². The number of nitrogens with zero attached hydrogens (tertiary/aromatic N) is 2. The summed E-state index contributed by atoms with van der Waals surface area (Å²) < 4.78 is 5.03. The van der Waals surface area contributed by atoms with Crippen molar-refractivity contribution in [3.05, 3.63) is 42.0 Å². The molecule has 28 heavy (non-hydrogen) atoms. The second kappa shape index (κ2) is 9.77. The third kappa shape index (κ3) is 4.95. The van der Waals surface area contributed by atoms with Crippen molar-refractivity contribution in [1.82, 2.24) is 10.2 Å². The van der Waals surface area contributed by atoms with Gasteiger partial charge in [-0.15, -0.1) is 11.8 Å². The van der Waals surface area contributed by atoms with E-state index in [1.165, 1.54) is 0 Å². The minimum atomic E-state index is -0.121. The Hall–Kier alpha value is -2.29. The van der Waals surface area contributed by atoms with Crippen LogP contribution in [0.2, 0.25) is 0 Å². The number of hydrogen-bond acceptors (Lipinski definition) is 6. The van der Waals surface area contributed by atoms with Gasteiger partial charge in [0.15, 0.2) is 0 Å². The van der Waals surface area contributed by atoms with Crippen LogP contribution in [0.15, 0.2) is 36.4 Å². The average molecular weight is 403 g/mol. The van der Waals surface area contributed by atoms with Crippen LogP contribution < -0.4 is 16.2 Å². The molecule has 7 nitrogen and oxygen atoms in total. The summed E-state index contributed by atoms with van der Waals surface area (Å²) in [7, 11) is 1.69. The molecular formula is C20H26N4O3S. The Balaban J connectivity index is 1.73. The number of carbonyl (C=O) groups excluding carboxylic acids is 2. The second-order valence-corrected chi connectivity index (χ2v) is 7.70. The van der Waals surface area contributed by atoms with E-state index in [9.17, 15) is 9.59 Å². The van der Waals surface area contributed by atoms with E-state index in [4.69, 9.17) is 10.6 Å². The summed E-state index contributed by atoms with van der Waals surface area (Å²) in [5.74, 6) is 7.64. The molecule has 2 aromatic carbocycles. The minimum Gasteiger partial charge on any atom is -0.374 e. The monoisotopic (exact) mass is 402 g/mol. The molecule has 2 aromatic rings. The number of amides is 2. The molecule has 0 bridgehead atoms. The Bertz CT molecular complexity index is 845. The maximum atomic E-state index is 12.9. The molecule has 1 fully saturated rings. The fraction of sp³-hybridized carbons (Fsp3) is 0.400. The maximum absolute atomic E-state index is 12.9. The van der Waals surface area contributed by atoms with Crippen molar-refractivity contribution in [2.75, 3.05) is 50.0 Å². The van der Waals surface area contributed by atoms with E-state index in [0.717, 1.165) is 35.2 Å². The molecule has 3 rings (SSSR count). The number of carbonyl (C=O) groups is 2. The fourth-order valence-electron chi connectivity index (χ4n) is 3.23. The third-order valence-electron chi connectivity index (χ3n) is 4.64. The van der Waals surface area contributed by atoms with Crippen molar-refractivity contribution >= 4 is 40.0 Å². The summed E-state index contributed by atoms with van der Waals surface area (Å²) in [5.41, 5.74) is 1.52. The lowest BCUT2D eigenvalue weighted by Gasteiger charge is -2.27. The van der Waals surface area contributed by atoms with Crippen LogP contribution in [0.3, 0.4) is 0 Å². The highest BCUT2D eigenvalue weighted by Crippen LogP contribution is 2.25. The first kappa shape index (κ1) is 20.4.